The monoisotopic (exact) mass is 737 g/mol. The molecule has 0 aliphatic carbocycles. The minimum absolute atomic E-state index is 0.00713. The standard InChI is InChI=1S/C36H44ClN7O8/c1-8-16-42-17-11-18-43(34(42)48)25-14-12-24(13-15-25)19-36(22(4)45,32(47)49-10-3)50-20-26-35(6,9-2)28(51-23(5)46)31(52-26)44-21-39-27-29(38-7)40-33(37)41-30(27)44/h2,12-15,21,26,28,31H,8,10-11,16-20H2,1,3-7H3,(H,38,40,41)/t26-,28+,31-,35+,36?/m1/s1. The Hall–Kier alpha value is -4.78. The van der Waals surface area contributed by atoms with E-state index in [0.29, 0.717) is 42.2 Å². The smallest absolute Gasteiger partial charge is 0.346 e. The lowest BCUT2D eigenvalue weighted by molar-refractivity contribution is -0.182. The van der Waals surface area contributed by atoms with Crippen molar-refractivity contribution in [2.75, 3.05) is 50.1 Å². The van der Waals surface area contributed by atoms with Gasteiger partial charge in [-0.25, -0.2) is 14.6 Å². The molecular weight excluding hydrogens is 694 g/mol. The number of esters is 2. The number of hydrogen-bond donors (Lipinski definition) is 1. The highest BCUT2D eigenvalue weighted by Gasteiger charge is 2.58. The Kier molecular flexibility index (Phi) is 11.7. The molecule has 1 unspecified atom stereocenters. The van der Waals surface area contributed by atoms with E-state index >= 15 is 0 Å². The fraction of sp³-hybridized carbons (Fsp3) is 0.528. The number of benzene rings is 1. The van der Waals surface area contributed by atoms with Gasteiger partial charge in [-0.05, 0) is 62.9 Å². The van der Waals surface area contributed by atoms with Gasteiger partial charge in [0.25, 0.3) is 0 Å². The Bertz CT molecular complexity index is 1860. The van der Waals surface area contributed by atoms with Crippen LogP contribution in [-0.4, -0.2) is 106 Å². The van der Waals surface area contributed by atoms with Crippen LogP contribution in [0.25, 0.3) is 11.2 Å². The molecule has 3 aromatic rings. The van der Waals surface area contributed by atoms with E-state index in [2.05, 4.69) is 26.2 Å². The molecule has 5 rings (SSSR count). The topological polar surface area (TPSA) is 167 Å². The molecular formula is C36H44ClN7O8. The molecule has 16 heteroatoms. The summed E-state index contributed by atoms with van der Waals surface area (Å²) in [5.41, 5.74) is -1.47. The molecule has 2 saturated heterocycles. The van der Waals surface area contributed by atoms with Gasteiger partial charge in [0.1, 0.15) is 6.10 Å². The van der Waals surface area contributed by atoms with Gasteiger partial charge in [0, 0.05) is 45.7 Å². The largest absolute Gasteiger partial charge is 0.463 e. The zero-order valence-electron chi connectivity index (χ0n) is 30.2. The lowest BCUT2D eigenvalue weighted by Gasteiger charge is -2.35. The number of carbonyl (C=O) groups is 4. The van der Waals surface area contributed by atoms with Crippen molar-refractivity contribution in [3.8, 4) is 12.3 Å². The minimum Gasteiger partial charge on any atom is -0.463 e. The number of imidazole rings is 1. The van der Waals surface area contributed by atoms with Gasteiger partial charge in [-0.1, -0.05) is 25.0 Å². The zero-order chi connectivity index (χ0) is 37.8. The Morgan fingerprint density at radius 2 is 1.90 bits per heavy atom. The molecule has 2 fully saturated rings. The number of ketones is 1. The predicted octanol–water partition coefficient (Wildman–Crippen LogP) is 4.18. The maximum atomic E-state index is 13.7. The number of carbonyl (C=O) groups excluding carboxylic acids is 4. The van der Waals surface area contributed by atoms with Crippen LogP contribution in [0.3, 0.4) is 0 Å². The fourth-order valence-electron chi connectivity index (χ4n) is 6.67. The number of aromatic nitrogens is 4. The molecule has 5 atom stereocenters. The average molecular weight is 738 g/mol. The van der Waals surface area contributed by atoms with Crippen molar-refractivity contribution in [1.29, 1.82) is 0 Å². The van der Waals surface area contributed by atoms with Crippen molar-refractivity contribution >= 4 is 58.0 Å². The highest BCUT2D eigenvalue weighted by molar-refractivity contribution is 6.28. The molecule has 15 nitrogen and oxygen atoms in total. The molecule has 0 bridgehead atoms. The number of Topliss-reactive ketones (excluding diaryl/α,β-unsaturated/α-hetero) is 1. The molecule has 0 spiro atoms. The van der Waals surface area contributed by atoms with Crippen LogP contribution in [0.5, 0.6) is 0 Å². The van der Waals surface area contributed by atoms with Crippen LogP contribution in [0.1, 0.15) is 59.3 Å². The van der Waals surface area contributed by atoms with Gasteiger partial charge in [-0.15, -0.1) is 6.42 Å². The number of urea groups is 1. The van der Waals surface area contributed by atoms with Gasteiger partial charge < -0.3 is 29.2 Å². The molecule has 278 valence electrons. The first-order valence-electron chi connectivity index (χ1n) is 17.2. The lowest BCUT2D eigenvalue weighted by atomic mass is 9.81. The number of halogens is 1. The van der Waals surface area contributed by atoms with E-state index in [0.717, 1.165) is 12.8 Å². The van der Waals surface area contributed by atoms with Gasteiger partial charge in [-0.2, -0.15) is 9.97 Å². The number of nitrogens with one attached hydrogen (secondary N) is 1. The summed E-state index contributed by atoms with van der Waals surface area (Å²) in [6, 6.07) is 7.01. The van der Waals surface area contributed by atoms with Crippen molar-refractivity contribution < 1.29 is 38.1 Å². The Morgan fingerprint density at radius 1 is 1.17 bits per heavy atom. The van der Waals surface area contributed by atoms with Crippen molar-refractivity contribution in [3.63, 3.8) is 0 Å². The number of hydrogen-bond acceptors (Lipinski definition) is 12. The van der Waals surface area contributed by atoms with Crippen LogP contribution in [0.15, 0.2) is 30.6 Å². The number of ether oxygens (including phenoxy) is 4. The van der Waals surface area contributed by atoms with E-state index in [1.165, 1.54) is 24.7 Å². The third kappa shape index (κ3) is 7.28. The zero-order valence-corrected chi connectivity index (χ0v) is 30.9. The van der Waals surface area contributed by atoms with Crippen LogP contribution < -0.4 is 10.2 Å². The fourth-order valence-corrected chi connectivity index (χ4v) is 6.83. The van der Waals surface area contributed by atoms with E-state index in [1.807, 2.05) is 11.8 Å². The maximum Gasteiger partial charge on any atom is 0.346 e. The van der Waals surface area contributed by atoms with Gasteiger partial charge in [0.05, 0.1) is 25.0 Å². The van der Waals surface area contributed by atoms with Crippen LogP contribution in [0.2, 0.25) is 5.28 Å². The molecule has 2 amide bonds. The van der Waals surface area contributed by atoms with Gasteiger partial charge in [0.15, 0.2) is 35.1 Å². The number of nitrogens with zero attached hydrogens (tertiary/aromatic N) is 6. The van der Waals surface area contributed by atoms with Crippen LogP contribution in [-0.2, 0) is 39.8 Å². The van der Waals surface area contributed by atoms with E-state index in [9.17, 15) is 19.2 Å². The van der Waals surface area contributed by atoms with Gasteiger partial charge >= 0.3 is 18.0 Å². The van der Waals surface area contributed by atoms with Crippen molar-refractivity contribution in [2.24, 2.45) is 5.41 Å². The third-order valence-corrected chi connectivity index (χ3v) is 9.66. The molecule has 0 saturated carbocycles. The number of fused-ring (bicyclic) bond motifs is 1. The second-order valence-corrected chi connectivity index (χ2v) is 13.3. The quantitative estimate of drug-likeness (QED) is 0.109. The molecule has 2 aliphatic rings. The third-order valence-electron chi connectivity index (χ3n) is 9.49. The van der Waals surface area contributed by atoms with Crippen LogP contribution >= 0.6 is 11.6 Å². The summed E-state index contributed by atoms with van der Waals surface area (Å²) in [6.45, 7) is 9.41. The van der Waals surface area contributed by atoms with E-state index in [1.54, 1.807) is 50.1 Å². The maximum absolute atomic E-state index is 13.7. The number of rotatable bonds is 14. The van der Waals surface area contributed by atoms with Gasteiger partial charge in [-0.3, -0.25) is 19.1 Å². The second-order valence-electron chi connectivity index (χ2n) is 12.9. The number of anilines is 2. The summed E-state index contributed by atoms with van der Waals surface area (Å²) >= 11 is 6.22. The van der Waals surface area contributed by atoms with Crippen LogP contribution in [0.4, 0.5) is 16.3 Å². The number of amides is 2. The first kappa shape index (κ1) is 38.5. The summed E-state index contributed by atoms with van der Waals surface area (Å²) < 4.78 is 25.5. The molecule has 0 radical (unpaired) electrons. The average Bonchev–Trinajstić information content (AvgIpc) is 3.65. The Morgan fingerprint density at radius 3 is 2.52 bits per heavy atom. The first-order chi connectivity index (χ1) is 24.8. The van der Waals surface area contributed by atoms with Crippen molar-refractivity contribution in [1.82, 2.24) is 24.4 Å². The summed E-state index contributed by atoms with van der Waals surface area (Å²) in [5.74, 6) is 0.983. The Labute approximate surface area is 307 Å². The summed E-state index contributed by atoms with van der Waals surface area (Å²) in [5, 5.41) is 2.87. The van der Waals surface area contributed by atoms with Gasteiger partial charge in [0.2, 0.25) is 10.9 Å². The molecule has 1 N–H and O–H groups in total. The highest BCUT2D eigenvalue weighted by Crippen LogP contribution is 2.47. The SMILES string of the molecule is C#C[C@@]1(C)[C@@H](COC(Cc2ccc(N3CCCN(CCC)C3=O)cc2)(C(C)=O)C(=O)OCC)O[C@@H](n2cnc3c(NC)nc(Cl)nc32)[C@@H]1OC(C)=O. The number of terminal acetylenes is 1. The molecule has 2 aliphatic heterocycles. The normalized spacial score (nSPS) is 22.9. The lowest BCUT2D eigenvalue weighted by Crippen LogP contribution is -2.53. The minimum atomic E-state index is -2.09. The van der Waals surface area contributed by atoms with Crippen LogP contribution in [0, 0.1) is 17.8 Å². The van der Waals surface area contributed by atoms with Crippen molar-refractivity contribution in [3.05, 3.63) is 41.4 Å². The molecule has 2 aromatic heterocycles. The summed E-state index contributed by atoms with van der Waals surface area (Å²) in [6.07, 6.45) is 5.92. The second kappa shape index (κ2) is 15.9. The van der Waals surface area contributed by atoms with Crippen molar-refractivity contribution in [2.45, 2.75) is 77.9 Å². The summed E-state index contributed by atoms with van der Waals surface area (Å²) in [7, 11) is 1.66. The predicted molar refractivity (Wildman–Crippen MR) is 192 cm³/mol. The van der Waals surface area contributed by atoms with E-state index < -0.39 is 47.2 Å². The molecule has 1 aromatic carbocycles. The Balaban J connectivity index is 1.46. The summed E-state index contributed by atoms with van der Waals surface area (Å²) in [4.78, 5) is 69.2. The highest BCUT2D eigenvalue weighted by atomic mass is 35.5. The molecule has 52 heavy (non-hydrogen) atoms. The molecule has 4 heterocycles. The van der Waals surface area contributed by atoms with E-state index in [4.69, 9.17) is 37.0 Å². The first-order valence-corrected chi connectivity index (χ1v) is 17.6. The van der Waals surface area contributed by atoms with E-state index in [-0.39, 0.29) is 36.6 Å².